The summed E-state index contributed by atoms with van der Waals surface area (Å²) in [5, 5.41) is 3.17. The second-order valence-corrected chi connectivity index (χ2v) is 8.39. The van der Waals surface area contributed by atoms with E-state index in [1.165, 1.54) is 25.3 Å². The van der Waals surface area contributed by atoms with Gasteiger partial charge in [0.05, 0.1) is 17.8 Å². The van der Waals surface area contributed by atoms with Gasteiger partial charge < -0.3 is 14.8 Å². The maximum absolute atomic E-state index is 13.9. The van der Waals surface area contributed by atoms with Crippen LogP contribution in [0, 0.1) is 5.82 Å². The van der Waals surface area contributed by atoms with Gasteiger partial charge in [-0.05, 0) is 30.3 Å². The first-order valence-electron chi connectivity index (χ1n) is 8.84. The minimum Gasteiger partial charge on any atom is -0.493 e. The summed E-state index contributed by atoms with van der Waals surface area (Å²) in [7, 11) is -2.44. The van der Waals surface area contributed by atoms with Crippen molar-refractivity contribution in [2.75, 3.05) is 12.4 Å². The van der Waals surface area contributed by atoms with Crippen molar-refractivity contribution >= 4 is 33.1 Å². The quantitative estimate of drug-likeness (QED) is 0.618. The number of ether oxygens (including phenoxy) is 2. The minimum absolute atomic E-state index is 0.0525. The first kappa shape index (κ1) is 20.2. The molecule has 1 aliphatic heterocycles. The zero-order chi connectivity index (χ0) is 21.3. The number of sulfonamides is 1. The summed E-state index contributed by atoms with van der Waals surface area (Å²) in [4.78, 5) is 0.0941. The number of nitrogens with one attached hydrogen (secondary N) is 1. The van der Waals surface area contributed by atoms with E-state index in [9.17, 15) is 12.8 Å². The normalized spacial score (nSPS) is 14.3. The molecule has 0 aromatic heterocycles. The van der Waals surface area contributed by atoms with Crippen LogP contribution in [0.1, 0.15) is 11.1 Å². The number of halogens is 2. The van der Waals surface area contributed by atoms with E-state index < -0.39 is 15.8 Å². The first-order chi connectivity index (χ1) is 14.4. The molecule has 3 aromatic carbocycles. The van der Waals surface area contributed by atoms with E-state index in [4.69, 9.17) is 21.1 Å². The van der Waals surface area contributed by atoms with E-state index in [1.807, 2.05) is 0 Å². The highest BCUT2D eigenvalue weighted by Crippen LogP contribution is 2.38. The average molecular weight is 447 g/mol. The van der Waals surface area contributed by atoms with Gasteiger partial charge in [0.15, 0.2) is 17.3 Å². The van der Waals surface area contributed by atoms with Gasteiger partial charge in [-0.1, -0.05) is 41.9 Å². The maximum Gasteiger partial charge on any atom is 0.286 e. The highest BCUT2D eigenvalue weighted by molar-refractivity contribution is 7.90. The summed E-state index contributed by atoms with van der Waals surface area (Å²) in [5.74, 6) is 0.184. The molecule has 3 aromatic rings. The molecule has 4 rings (SSSR count). The fourth-order valence-electron chi connectivity index (χ4n) is 3.00. The second kappa shape index (κ2) is 7.97. The summed E-state index contributed by atoms with van der Waals surface area (Å²) in [6.07, 6.45) is 0. The zero-order valence-corrected chi connectivity index (χ0v) is 17.3. The van der Waals surface area contributed by atoms with Gasteiger partial charge in [-0.2, -0.15) is 8.42 Å². The van der Waals surface area contributed by atoms with Gasteiger partial charge in [0.25, 0.3) is 10.0 Å². The van der Waals surface area contributed by atoms with Crippen molar-refractivity contribution in [2.24, 2.45) is 4.40 Å². The van der Waals surface area contributed by atoms with E-state index in [0.29, 0.717) is 16.8 Å². The molecule has 0 spiro atoms. The molecule has 0 bridgehead atoms. The van der Waals surface area contributed by atoms with Crippen LogP contribution in [-0.2, 0) is 16.6 Å². The van der Waals surface area contributed by atoms with E-state index in [-0.39, 0.29) is 33.9 Å². The van der Waals surface area contributed by atoms with Gasteiger partial charge in [0, 0.05) is 11.1 Å². The Balaban J connectivity index is 1.68. The smallest absolute Gasteiger partial charge is 0.286 e. The predicted octanol–water partition coefficient (Wildman–Crippen LogP) is 4.63. The summed E-state index contributed by atoms with van der Waals surface area (Å²) < 4.78 is 53.8. The zero-order valence-electron chi connectivity index (χ0n) is 15.7. The molecule has 1 aliphatic rings. The van der Waals surface area contributed by atoms with Crippen molar-refractivity contribution in [3.63, 3.8) is 0 Å². The summed E-state index contributed by atoms with van der Waals surface area (Å²) in [6.45, 7) is -0.0525. The van der Waals surface area contributed by atoms with Crippen molar-refractivity contribution in [3.8, 4) is 11.5 Å². The van der Waals surface area contributed by atoms with Crippen LogP contribution in [-0.4, -0.2) is 21.4 Å². The van der Waals surface area contributed by atoms with Crippen molar-refractivity contribution in [1.82, 2.24) is 0 Å². The molecular formula is C21H16ClFN2O4S. The number of nitrogens with zero attached hydrogens (tertiary/aromatic N) is 1. The fourth-order valence-corrected chi connectivity index (χ4v) is 4.40. The molecule has 30 heavy (non-hydrogen) atoms. The van der Waals surface area contributed by atoms with Gasteiger partial charge in [0.1, 0.15) is 17.3 Å². The third-order valence-electron chi connectivity index (χ3n) is 4.46. The number of benzene rings is 3. The minimum atomic E-state index is -3.86. The maximum atomic E-state index is 13.9. The topological polar surface area (TPSA) is 77.0 Å². The average Bonchev–Trinajstić information content (AvgIpc) is 2.73. The molecule has 154 valence electrons. The number of amidine groups is 1. The number of anilines is 1. The molecule has 1 heterocycles. The Morgan fingerprint density at radius 1 is 1.10 bits per heavy atom. The molecule has 0 aliphatic carbocycles. The lowest BCUT2D eigenvalue weighted by atomic mass is 10.1. The number of hydrogen-bond donors (Lipinski definition) is 1. The molecule has 0 saturated heterocycles. The van der Waals surface area contributed by atoms with E-state index in [2.05, 4.69) is 9.71 Å². The number of hydrogen-bond acceptors (Lipinski definition) is 5. The lowest BCUT2D eigenvalue weighted by Gasteiger charge is -2.20. The summed E-state index contributed by atoms with van der Waals surface area (Å²) in [5.41, 5.74) is 1.17. The summed E-state index contributed by atoms with van der Waals surface area (Å²) >= 11 is 6.38. The Bertz CT molecular complexity index is 1260. The van der Waals surface area contributed by atoms with Crippen molar-refractivity contribution in [3.05, 3.63) is 82.6 Å². The standard InChI is InChI=1S/C21H16ClFN2O4S/c1-28-18-11-14(21-24-17-8-4-5-9-19(17)30(26,27)25-21)10-15(22)20(18)29-12-13-6-2-3-7-16(13)23/h2-11H,12H2,1H3,(H,24,25). The van der Waals surface area contributed by atoms with Gasteiger partial charge in [-0.3, -0.25) is 0 Å². The third-order valence-corrected chi connectivity index (χ3v) is 6.08. The van der Waals surface area contributed by atoms with Crippen molar-refractivity contribution in [2.45, 2.75) is 11.5 Å². The Morgan fingerprint density at radius 3 is 2.60 bits per heavy atom. The summed E-state index contributed by atoms with van der Waals surface area (Å²) in [6, 6.07) is 15.8. The van der Waals surface area contributed by atoms with E-state index in [0.717, 1.165) is 0 Å². The predicted molar refractivity (Wildman–Crippen MR) is 113 cm³/mol. The van der Waals surface area contributed by atoms with Crippen LogP contribution < -0.4 is 14.8 Å². The number of para-hydroxylation sites is 1. The van der Waals surface area contributed by atoms with Gasteiger partial charge in [0.2, 0.25) is 0 Å². The molecule has 9 heteroatoms. The van der Waals surface area contributed by atoms with Crippen molar-refractivity contribution < 1.29 is 22.3 Å². The molecule has 0 amide bonds. The SMILES string of the molecule is COc1cc(C2=NS(=O)(=O)c3ccccc3N2)cc(Cl)c1OCc1ccccc1F. The van der Waals surface area contributed by atoms with Crippen LogP contribution in [0.4, 0.5) is 10.1 Å². The van der Waals surface area contributed by atoms with Crippen LogP contribution in [0.2, 0.25) is 5.02 Å². The highest BCUT2D eigenvalue weighted by Gasteiger charge is 2.26. The van der Waals surface area contributed by atoms with Gasteiger partial charge >= 0.3 is 0 Å². The highest BCUT2D eigenvalue weighted by atomic mass is 35.5. The monoisotopic (exact) mass is 446 g/mol. The third kappa shape index (κ3) is 3.83. The first-order valence-corrected chi connectivity index (χ1v) is 10.7. The number of rotatable bonds is 5. The van der Waals surface area contributed by atoms with E-state index >= 15 is 0 Å². The van der Waals surface area contributed by atoms with Crippen LogP contribution in [0.25, 0.3) is 0 Å². The molecule has 0 radical (unpaired) electrons. The molecule has 1 N–H and O–H groups in total. The molecule has 0 fully saturated rings. The van der Waals surface area contributed by atoms with Gasteiger partial charge in [-0.25, -0.2) is 4.39 Å². The largest absolute Gasteiger partial charge is 0.493 e. The fraction of sp³-hybridized carbons (Fsp3) is 0.0952. The Hall–Kier alpha value is -3.10. The number of methoxy groups -OCH3 is 1. The van der Waals surface area contributed by atoms with Crippen molar-refractivity contribution in [1.29, 1.82) is 0 Å². The lowest BCUT2D eigenvalue weighted by Crippen LogP contribution is -2.22. The Labute approximate surface area is 178 Å². The number of fused-ring (bicyclic) bond motifs is 1. The second-order valence-electron chi connectivity index (χ2n) is 6.41. The molecular weight excluding hydrogens is 431 g/mol. The molecule has 0 unspecified atom stereocenters. The lowest BCUT2D eigenvalue weighted by molar-refractivity contribution is 0.280. The van der Waals surface area contributed by atoms with Crippen LogP contribution in [0.5, 0.6) is 11.5 Å². The van der Waals surface area contributed by atoms with Crippen LogP contribution in [0.15, 0.2) is 70.0 Å². The van der Waals surface area contributed by atoms with Crippen LogP contribution >= 0.6 is 11.6 Å². The Morgan fingerprint density at radius 2 is 1.83 bits per heavy atom. The molecule has 0 saturated carbocycles. The molecule has 6 nitrogen and oxygen atoms in total. The Kier molecular flexibility index (Phi) is 5.36. The van der Waals surface area contributed by atoms with Crippen LogP contribution in [0.3, 0.4) is 0 Å². The molecule has 0 atom stereocenters. The van der Waals surface area contributed by atoms with E-state index in [1.54, 1.807) is 42.5 Å². The van der Waals surface area contributed by atoms with Gasteiger partial charge in [-0.15, -0.1) is 4.40 Å².